The van der Waals surface area contributed by atoms with Gasteiger partial charge in [-0.3, -0.25) is 14.7 Å². The van der Waals surface area contributed by atoms with E-state index in [0.29, 0.717) is 0 Å². The maximum atomic E-state index is 15.1. The van der Waals surface area contributed by atoms with Crippen LogP contribution in [-0.2, 0) is 10.3 Å². The molecule has 3 aromatic rings. The summed E-state index contributed by atoms with van der Waals surface area (Å²) in [5.41, 5.74) is 3.13. The standard InChI is InChI=1S/C21H15F4N5O/c1-30-19(31)21(29-20(30)26,12-6-8-27-16(10-12)17(23)24)14-9-11(4-5-15(14)22)13-3-2-7-28-18(13)25/h2-10,17H,1H3,(H2,26,29). The van der Waals surface area contributed by atoms with Crippen molar-refractivity contribution in [3.05, 3.63) is 83.4 Å². The normalized spacial score (nSPS) is 18.6. The average molecular weight is 429 g/mol. The maximum absolute atomic E-state index is 15.1. The van der Waals surface area contributed by atoms with Crippen molar-refractivity contribution in [1.29, 1.82) is 0 Å². The van der Waals surface area contributed by atoms with E-state index in [9.17, 15) is 18.0 Å². The molecule has 1 aliphatic rings. The summed E-state index contributed by atoms with van der Waals surface area (Å²) < 4.78 is 55.9. The van der Waals surface area contributed by atoms with Crippen LogP contribution in [0.1, 0.15) is 23.2 Å². The number of hydrogen-bond donors (Lipinski definition) is 1. The number of guanidine groups is 1. The van der Waals surface area contributed by atoms with Crippen LogP contribution in [0.5, 0.6) is 0 Å². The Hall–Kier alpha value is -3.82. The predicted molar refractivity (Wildman–Crippen MR) is 104 cm³/mol. The van der Waals surface area contributed by atoms with Crippen LogP contribution in [0.4, 0.5) is 17.6 Å². The van der Waals surface area contributed by atoms with Gasteiger partial charge in [0.2, 0.25) is 5.95 Å². The number of nitrogens with two attached hydrogens (primary N) is 1. The Morgan fingerprint density at radius 3 is 2.48 bits per heavy atom. The SMILES string of the molecule is CN1C(=O)C(c2ccnc(C(F)F)c2)(c2cc(-c3cccnc3F)ccc2F)N=C1N. The van der Waals surface area contributed by atoms with E-state index in [2.05, 4.69) is 15.0 Å². The number of carbonyl (C=O) groups is 1. The van der Waals surface area contributed by atoms with Crippen molar-refractivity contribution in [3.63, 3.8) is 0 Å². The molecule has 6 nitrogen and oxygen atoms in total. The first-order chi connectivity index (χ1) is 14.8. The Morgan fingerprint density at radius 2 is 1.84 bits per heavy atom. The minimum absolute atomic E-state index is 0.0437. The molecule has 10 heteroatoms. The van der Waals surface area contributed by atoms with Crippen molar-refractivity contribution in [3.8, 4) is 11.1 Å². The molecule has 1 atom stereocenters. The van der Waals surface area contributed by atoms with Crippen LogP contribution in [0.3, 0.4) is 0 Å². The lowest BCUT2D eigenvalue weighted by atomic mass is 9.81. The fourth-order valence-corrected chi connectivity index (χ4v) is 3.52. The van der Waals surface area contributed by atoms with E-state index >= 15 is 4.39 Å². The Labute approximate surface area is 174 Å². The van der Waals surface area contributed by atoms with Gasteiger partial charge in [0.15, 0.2) is 11.5 Å². The van der Waals surface area contributed by atoms with E-state index in [1.165, 1.54) is 43.6 Å². The van der Waals surface area contributed by atoms with Gasteiger partial charge < -0.3 is 5.73 Å². The van der Waals surface area contributed by atoms with Crippen LogP contribution in [-0.4, -0.2) is 33.8 Å². The van der Waals surface area contributed by atoms with E-state index in [-0.39, 0.29) is 28.2 Å². The van der Waals surface area contributed by atoms with Crippen molar-refractivity contribution in [2.45, 2.75) is 12.0 Å². The zero-order valence-corrected chi connectivity index (χ0v) is 16.1. The molecule has 1 unspecified atom stereocenters. The molecule has 1 amide bonds. The first-order valence-electron chi connectivity index (χ1n) is 9.04. The quantitative estimate of drug-likeness (QED) is 0.509. The number of aliphatic imine (C=N–C) groups is 1. The average Bonchev–Trinajstić information content (AvgIpc) is 2.99. The molecule has 0 saturated heterocycles. The zero-order valence-electron chi connectivity index (χ0n) is 16.1. The van der Waals surface area contributed by atoms with Gasteiger partial charge in [0.1, 0.15) is 11.5 Å². The molecule has 1 aromatic carbocycles. The van der Waals surface area contributed by atoms with Gasteiger partial charge in [-0.2, -0.15) is 4.39 Å². The van der Waals surface area contributed by atoms with Gasteiger partial charge in [0, 0.05) is 30.6 Å². The Balaban J connectivity index is 2.01. The molecule has 2 aromatic heterocycles. The molecule has 1 aliphatic heterocycles. The summed E-state index contributed by atoms with van der Waals surface area (Å²) >= 11 is 0. The number of hydrogen-bond acceptors (Lipinski definition) is 5. The van der Waals surface area contributed by atoms with Gasteiger partial charge in [-0.05, 0) is 47.5 Å². The lowest BCUT2D eigenvalue weighted by Crippen LogP contribution is -2.41. The summed E-state index contributed by atoms with van der Waals surface area (Å²) in [4.78, 5) is 25.6. The molecule has 158 valence electrons. The van der Waals surface area contributed by atoms with Gasteiger partial charge in [-0.15, -0.1) is 0 Å². The van der Waals surface area contributed by atoms with Crippen molar-refractivity contribution < 1.29 is 22.4 Å². The molecular formula is C21H15F4N5O. The summed E-state index contributed by atoms with van der Waals surface area (Å²) in [6.07, 6.45) is -0.583. The van der Waals surface area contributed by atoms with Crippen LogP contribution >= 0.6 is 0 Å². The first kappa shape index (κ1) is 20.5. The molecule has 3 heterocycles. The lowest BCUT2D eigenvalue weighted by Gasteiger charge is -2.27. The second-order valence-electron chi connectivity index (χ2n) is 6.85. The highest BCUT2D eigenvalue weighted by atomic mass is 19.3. The summed E-state index contributed by atoms with van der Waals surface area (Å²) in [7, 11) is 1.33. The van der Waals surface area contributed by atoms with E-state index < -0.39 is 35.3 Å². The highest BCUT2D eigenvalue weighted by Gasteiger charge is 2.51. The molecule has 31 heavy (non-hydrogen) atoms. The number of carbonyl (C=O) groups excluding carboxylic acids is 1. The largest absolute Gasteiger partial charge is 0.369 e. The molecule has 0 radical (unpaired) electrons. The predicted octanol–water partition coefficient (Wildman–Crippen LogP) is 3.39. The van der Waals surface area contributed by atoms with Gasteiger partial charge >= 0.3 is 0 Å². The zero-order chi connectivity index (χ0) is 22.3. The molecule has 4 rings (SSSR count). The number of pyridine rings is 2. The highest BCUT2D eigenvalue weighted by Crippen LogP contribution is 2.42. The van der Waals surface area contributed by atoms with Gasteiger partial charge in [-0.1, -0.05) is 6.07 Å². The van der Waals surface area contributed by atoms with Gasteiger partial charge in [0.25, 0.3) is 12.3 Å². The van der Waals surface area contributed by atoms with E-state index in [4.69, 9.17) is 5.73 Å². The summed E-state index contributed by atoms with van der Waals surface area (Å²) in [5.74, 6) is -2.61. The van der Waals surface area contributed by atoms with E-state index in [1.54, 1.807) is 0 Å². The number of halogens is 4. The molecule has 0 aliphatic carbocycles. The lowest BCUT2D eigenvalue weighted by molar-refractivity contribution is -0.129. The van der Waals surface area contributed by atoms with Crippen molar-refractivity contribution in [2.24, 2.45) is 10.7 Å². The molecule has 0 saturated carbocycles. The number of aromatic nitrogens is 2. The third-order valence-corrected chi connectivity index (χ3v) is 5.09. The van der Waals surface area contributed by atoms with Crippen LogP contribution in [0.15, 0.2) is 59.9 Å². The van der Waals surface area contributed by atoms with Crippen LogP contribution < -0.4 is 5.73 Å². The summed E-state index contributed by atoms with van der Waals surface area (Å²) in [6, 6.07) is 8.82. The molecule has 0 spiro atoms. The maximum Gasteiger partial charge on any atom is 0.280 e. The number of alkyl halides is 2. The Morgan fingerprint density at radius 1 is 1.06 bits per heavy atom. The number of likely N-dealkylation sites (N-methyl/N-ethyl adjacent to an activating group) is 1. The smallest absolute Gasteiger partial charge is 0.280 e. The van der Waals surface area contributed by atoms with E-state index in [0.717, 1.165) is 23.2 Å². The minimum Gasteiger partial charge on any atom is -0.369 e. The molecule has 2 N–H and O–H groups in total. The third-order valence-electron chi connectivity index (χ3n) is 5.09. The van der Waals surface area contributed by atoms with Crippen molar-refractivity contribution in [1.82, 2.24) is 14.9 Å². The van der Waals surface area contributed by atoms with Crippen molar-refractivity contribution >= 4 is 11.9 Å². The molecular weight excluding hydrogens is 414 g/mol. The number of amides is 1. The Bertz CT molecular complexity index is 1220. The minimum atomic E-state index is -2.92. The van der Waals surface area contributed by atoms with Crippen molar-refractivity contribution in [2.75, 3.05) is 7.05 Å². The molecule has 0 bridgehead atoms. The number of rotatable bonds is 4. The third kappa shape index (κ3) is 3.20. The topological polar surface area (TPSA) is 84.5 Å². The van der Waals surface area contributed by atoms with Crippen LogP contribution in [0.2, 0.25) is 0 Å². The second-order valence-corrected chi connectivity index (χ2v) is 6.85. The van der Waals surface area contributed by atoms with Gasteiger partial charge in [0.05, 0.1) is 0 Å². The fraction of sp³-hybridized carbons (Fsp3) is 0.143. The Kier molecular flexibility index (Phi) is 4.92. The van der Waals surface area contributed by atoms with Crippen LogP contribution in [0, 0.1) is 11.8 Å². The second kappa shape index (κ2) is 7.46. The summed E-state index contributed by atoms with van der Waals surface area (Å²) in [5, 5.41) is 0. The van der Waals surface area contributed by atoms with Gasteiger partial charge in [-0.25, -0.2) is 23.1 Å². The van der Waals surface area contributed by atoms with E-state index in [1.807, 2.05) is 0 Å². The number of benzene rings is 1. The first-order valence-corrected chi connectivity index (χ1v) is 9.04. The summed E-state index contributed by atoms with van der Waals surface area (Å²) in [6.45, 7) is 0. The molecule has 0 fully saturated rings. The fourth-order valence-electron chi connectivity index (χ4n) is 3.52. The number of nitrogens with zero attached hydrogens (tertiary/aromatic N) is 4. The highest BCUT2D eigenvalue weighted by molar-refractivity contribution is 6.09. The monoisotopic (exact) mass is 429 g/mol. The van der Waals surface area contributed by atoms with Crippen LogP contribution in [0.25, 0.3) is 11.1 Å².